The first-order valence-electron chi connectivity index (χ1n) is 4.30. The molecule has 2 rings (SSSR count). The average Bonchev–Trinajstić information content (AvgIpc) is 2.30. The summed E-state index contributed by atoms with van der Waals surface area (Å²) in [5.74, 6) is 0.0992. The third kappa shape index (κ3) is 2.00. The topological polar surface area (TPSA) is 72.0 Å². The van der Waals surface area contributed by atoms with Gasteiger partial charge in [0.2, 0.25) is 11.2 Å². The maximum atomic E-state index is 11.7. The normalized spacial score (nSPS) is 20.4. The second-order valence-electron chi connectivity index (χ2n) is 3.11. The van der Waals surface area contributed by atoms with Gasteiger partial charge in [0.15, 0.2) is 5.03 Å². The number of anilines is 1. The van der Waals surface area contributed by atoms with Crippen LogP contribution in [-0.2, 0) is 15.6 Å². The van der Waals surface area contributed by atoms with E-state index in [1.165, 1.54) is 0 Å². The molecule has 1 aliphatic rings. The van der Waals surface area contributed by atoms with Crippen molar-refractivity contribution in [3.8, 4) is 0 Å². The van der Waals surface area contributed by atoms with E-state index in [2.05, 4.69) is 15.3 Å². The zero-order valence-electron chi connectivity index (χ0n) is 7.91. The zero-order chi connectivity index (χ0) is 11.0. The van der Waals surface area contributed by atoms with Crippen molar-refractivity contribution in [1.82, 2.24) is 9.97 Å². The Kier molecular flexibility index (Phi) is 2.70. The number of hydrogen-bond donors (Lipinski definition) is 1. The van der Waals surface area contributed by atoms with E-state index in [0.29, 0.717) is 16.4 Å². The van der Waals surface area contributed by atoms with Crippen LogP contribution in [0.1, 0.15) is 12.1 Å². The zero-order valence-corrected chi connectivity index (χ0v) is 9.48. The Morgan fingerprint density at radius 3 is 2.93 bits per heavy atom. The van der Waals surface area contributed by atoms with E-state index in [-0.39, 0.29) is 23.4 Å². The van der Waals surface area contributed by atoms with E-state index >= 15 is 0 Å². The quantitative estimate of drug-likeness (QED) is 0.544. The number of hydrogen-bond acceptors (Lipinski definition) is 4. The molecule has 1 atom stereocenters. The van der Waals surface area contributed by atoms with Crippen molar-refractivity contribution in [3.63, 3.8) is 0 Å². The largest absolute Gasteiger partial charge is 0.322 e. The molecular weight excluding hydrogens is 238 g/mol. The molecule has 0 saturated carbocycles. The minimum Gasteiger partial charge on any atom is -0.322 e. The van der Waals surface area contributed by atoms with Crippen LogP contribution in [0.15, 0.2) is 5.03 Å². The first-order chi connectivity index (χ1) is 7.08. The van der Waals surface area contributed by atoms with Crippen LogP contribution < -0.4 is 5.32 Å². The van der Waals surface area contributed by atoms with Crippen LogP contribution in [0.4, 0.5) is 5.69 Å². The molecule has 80 valence electrons. The van der Waals surface area contributed by atoms with Crippen LogP contribution in [-0.4, -0.2) is 25.8 Å². The van der Waals surface area contributed by atoms with Crippen molar-refractivity contribution in [2.24, 2.45) is 0 Å². The van der Waals surface area contributed by atoms with Gasteiger partial charge in [-0.15, -0.1) is 0 Å². The first kappa shape index (κ1) is 10.5. The molecule has 1 amide bonds. The summed E-state index contributed by atoms with van der Waals surface area (Å²) in [6.45, 7) is 1.69. The van der Waals surface area contributed by atoms with Gasteiger partial charge in [-0.25, -0.2) is 9.97 Å². The fraction of sp³-hybridized carbons (Fsp3) is 0.375. The van der Waals surface area contributed by atoms with Crippen molar-refractivity contribution in [2.75, 3.05) is 11.1 Å². The Hall–Kier alpha value is -1.01. The molecule has 1 unspecified atom stereocenters. The van der Waals surface area contributed by atoms with Gasteiger partial charge in [-0.05, 0) is 18.5 Å². The van der Waals surface area contributed by atoms with Gasteiger partial charge < -0.3 is 5.32 Å². The highest BCUT2D eigenvalue weighted by atomic mass is 35.5. The van der Waals surface area contributed by atoms with Gasteiger partial charge in [-0.3, -0.25) is 9.00 Å². The van der Waals surface area contributed by atoms with Crippen LogP contribution in [0.25, 0.3) is 0 Å². The van der Waals surface area contributed by atoms with Crippen molar-refractivity contribution >= 4 is 34.0 Å². The summed E-state index contributed by atoms with van der Waals surface area (Å²) >= 11 is 5.67. The van der Waals surface area contributed by atoms with Gasteiger partial charge in [0.05, 0.1) is 22.2 Å². The number of nitrogens with zero attached hydrogens (tertiary/aromatic N) is 2. The molecule has 7 heteroatoms. The highest BCUT2D eigenvalue weighted by Gasteiger charge is 2.22. The molecule has 1 aliphatic heterocycles. The van der Waals surface area contributed by atoms with E-state index in [0.717, 1.165) is 0 Å². The van der Waals surface area contributed by atoms with Crippen molar-refractivity contribution < 1.29 is 9.00 Å². The molecule has 2 heterocycles. The molecule has 5 nitrogen and oxygen atoms in total. The predicted molar refractivity (Wildman–Crippen MR) is 56.3 cm³/mol. The SMILES string of the molecule is Cc1nc(Cl)nc2c1NC(=O)CCS2=O. The second kappa shape index (κ2) is 3.86. The van der Waals surface area contributed by atoms with E-state index < -0.39 is 10.8 Å². The van der Waals surface area contributed by atoms with Gasteiger partial charge >= 0.3 is 0 Å². The van der Waals surface area contributed by atoms with Gasteiger partial charge in [-0.1, -0.05) is 0 Å². The van der Waals surface area contributed by atoms with E-state index in [9.17, 15) is 9.00 Å². The number of rotatable bonds is 0. The average molecular weight is 246 g/mol. The molecule has 0 radical (unpaired) electrons. The number of halogens is 1. The lowest BCUT2D eigenvalue weighted by molar-refractivity contribution is -0.115. The number of aryl methyl sites for hydroxylation is 1. The van der Waals surface area contributed by atoms with Crippen LogP contribution in [0.5, 0.6) is 0 Å². The Labute approximate surface area is 93.7 Å². The number of carbonyl (C=O) groups is 1. The van der Waals surface area contributed by atoms with Crippen molar-refractivity contribution in [1.29, 1.82) is 0 Å². The second-order valence-corrected chi connectivity index (χ2v) is 4.93. The lowest BCUT2D eigenvalue weighted by Crippen LogP contribution is -2.12. The monoisotopic (exact) mass is 245 g/mol. The molecular formula is C8H8ClN3O2S. The number of carbonyl (C=O) groups excluding carboxylic acids is 1. The smallest absolute Gasteiger partial charge is 0.225 e. The summed E-state index contributed by atoms with van der Waals surface area (Å²) in [5.41, 5.74) is 0.967. The van der Waals surface area contributed by atoms with E-state index in [1.54, 1.807) is 6.92 Å². The van der Waals surface area contributed by atoms with Gasteiger partial charge in [0, 0.05) is 12.2 Å². The van der Waals surface area contributed by atoms with Crippen LogP contribution in [0.3, 0.4) is 0 Å². The summed E-state index contributed by atoms with van der Waals surface area (Å²) in [6, 6.07) is 0. The lowest BCUT2D eigenvalue weighted by atomic mass is 10.3. The summed E-state index contributed by atoms with van der Waals surface area (Å²) in [4.78, 5) is 19.1. The summed E-state index contributed by atoms with van der Waals surface area (Å²) in [7, 11) is -1.29. The fourth-order valence-electron chi connectivity index (χ4n) is 1.31. The number of nitrogens with one attached hydrogen (secondary N) is 1. The molecule has 0 fully saturated rings. The van der Waals surface area contributed by atoms with Crippen LogP contribution in [0, 0.1) is 6.92 Å². The van der Waals surface area contributed by atoms with Crippen LogP contribution in [0.2, 0.25) is 5.28 Å². The van der Waals surface area contributed by atoms with Gasteiger partial charge in [0.1, 0.15) is 0 Å². The minimum atomic E-state index is -1.29. The Balaban J connectivity index is 2.61. The predicted octanol–water partition coefficient (Wildman–Crippen LogP) is 0.888. The molecule has 0 aromatic carbocycles. The molecule has 1 N–H and O–H groups in total. The standard InChI is InChI=1S/C8H8ClN3O2S/c1-4-6-7(12-8(9)10-4)15(14)3-2-5(13)11-6/h2-3H2,1H3,(H,11,13). The molecule has 0 spiro atoms. The lowest BCUT2D eigenvalue weighted by Gasteiger charge is -2.07. The number of fused-ring (bicyclic) bond motifs is 1. The number of amides is 1. The summed E-state index contributed by atoms with van der Waals surface area (Å²) in [6.07, 6.45) is 0.222. The maximum Gasteiger partial charge on any atom is 0.225 e. The Bertz CT molecular complexity index is 463. The molecule has 0 aliphatic carbocycles. The number of aromatic nitrogens is 2. The molecule has 1 aromatic heterocycles. The maximum absolute atomic E-state index is 11.7. The van der Waals surface area contributed by atoms with Crippen molar-refractivity contribution in [3.05, 3.63) is 11.0 Å². The summed E-state index contributed by atoms with van der Waals surface area (Å²) in [5, 5.41) is 3.00. The third-order valence-electron chi connectivity index (χ3n) is 2.02. The molecule has 0 saturated heterocycles. The fourth-order valence-corrected chi connectivity index (χ4v) is 2.75. The highest BCUT2D eigenvalue weighted by molar-refractivity contribution is 7.85. The van der Waals surface area contributed by atoms with E-state index in [1.807, 2.05) is 0 Å². The van der Waals surface area contributed by atoms with Crippen LogP contribution >= 0.6 is 11.6 Å². The highest BCUT2D eigenvalue weighted by Crippen LogP contribution is 2.25. The van der Waals surface area contributed by atoms with Gasteiger partial charge in [-0.2, -0.15) is 0 Å². The first-order valence-corrected chi connectivity index (χ1v) is 6.00. The molecule has 0 bridgehead atoms. The third-order valence-corrected chi connectivity index (χ3v) is 3.49. The van der Waals surface area contributed by atoms with Gasteiger partial charge in [0.25, 0.3) is 0 Å². The summed E-state index contributed by atoms with van der Waals surface area (Å²) < 4.78 is 11.7. The van der Waals surface area contributed by atoms with Crippen molar-refractivity contribution in [2.45, 2.75) is 18.4 Å². The molecule has 15 heavy (non-hydrogen) atoms. The van der Waals surface area contributed by atoms with E-state index in [4.69, 9.17) is 11.6 Å². The molecule has 1 aromatic rings. The minimum absolute atomic E-state index is 0.0516. The Morgan fingerprint density at radius 2 is 2.20 bits per heavy atom. The Morgan fingerprint density at radius 1 is 1.47 bits per heavy atom.